The number of aliphatic hydroxyl groups excluding tert-OH is 1. The summed E-state index contributed by atoms with van der Waals surface area (Å²) in [4.78, 5) is 0. The zero-order chi connectivity index (χ0) is 13.0. The number of benzene rings is 1. The van der Waals surface area contributed by atoms with Crippen LogP contribution >= 0.6 is 0 Å². The monoisotopic (exact) mass is 239 g/mol. The van der Waals surface area contributed by atoms with E-state index in [0.29, 0.717) is 23.7 Å². The quantitative estimate of drug-likeness (QED) is 0.732. The summed E-state index contributed by atoms with van der Waals surface area (Å²) in [6.07, 6.45) is 0.0244. The predicted molar refractivity (Wildman–Crippen MR) is 67.0 cm³/mol. The van der Waals surface area contributed by atoms with Crippen LogP contribution < -0.4 is 10.5 Å². The number of phenols is 1. The molecule has 96 valence electrons. The maximum atomic E-state index is 9.92. The predicted octanol–water partition coefficient (Wildman–Crippen LogP) is 1.81. The average Bonchev–Trinajstić information content (AvgIpc) is 2.27. The lowest BCUT2D eigenvalue weighted by Crippen LogP contribution is -2.27. The minimum Gasteiger partial charge on any atom is -0.504 e. The van der Waals surface area contributed by atoms with Crippen LogP contribution in [0.2, 0.25) is 0 Å². The fraction of sp³-hybridized carbons (Fsp3) is 0.538. The van der Waals surface area contributed by atoms with Gasteiger partial charge in [-0.1, -0.05) is 19.9 Å². The Kier molecular flexibility index (Phi) is 4.78. The van der Waals surface area contributed by atoms with Gasteiger partial charge >= 0.3 is 0 Å². The van der Waals surface area contributed by atoms with Crippen LogP contribution in [0.4, 0.5) is 0 Å². The molecular formula is C13H21NO3. The zero-order valence-electron chi connectivity index (χ0n) is 10.6. The second-order valence-corrected chi connectivity index (χ2v) is 4.65. The van der Waals surface area contributed by atoms with Crippen molar-refractivity contribution in [2.75, 3.05) is 7.11 Å². The number of aliphatic hydroxyl groups is 1. The highest BCUT2D eigenvalue weighted by Crippen LogP contribution is 2.29. The van der Waals surface area contributed by atoms with E-state index < -0.39 is 12.1 Å². The Bertz CT molecular complexity index is 366. The highest BCUT2D eigenvalue weighted by molar-refractivity contribution is 5.42. The fourth-order valence-electron chi connectivity index (χ4n) is 1.77. The van der Waals surface area contributed by atoms with Crippen molar-refractivity contribution in [1.29, 1.82) is 0 Å². The molecule has 0 aliphatic carbocycles. The van der Waals surface area contributed by atoms with Crippen LogP contribution in [0.15, 0.2) is 18.2 Å². The van der Waals surface area contributed by atoms with Crippen LogP contribution in [-0.2, 0) is 0 Å². The lowest BCUT2D eigenvalue weighted by atomic mass is 9.95. The molecule has 0 bridgehead atoms. The van der Waals surface area contributed by atoms with E-state index in [1.54, 1.807) is 12.1 Å². The number of phenolic OH excluding ortho intramolecular Hbond substituents is 1. The summed E-state index contributed by atoms with van der Waals surface area (Å²) in [6, 6.07) is 4.45. The van der Waals surface area contributed by atoms with Gasteiger partial charge in [0.05, 0.1) is 19.3 Å². The van der Waals surface area contributed by atoms with Gasteiger partial charge in [-0.15, -0.1) is 0 Å². The van der Waals surface area contributed by atoms with Gasteiger partial charge in [-0.3, -0.25) is 0 Å². The van der Waals surface area contributed by atoms with Gasteiger partial charge in [-0.2, -0.15) is 0 Å². The highest BCUT2D eigenvalue weighted by atomic mass is 16.5. The van der Waals surface area contributed by atoms with Crippen molar-refractivity contribution < 1.29 is 14.9 Å². The molecule has 4 N–H and O–H groups in total. The van der Waals surface area contributed by atoms with Crippen molar-refractivity contribution in [2.45, 2.75) is 32.4 Å². The van der Waals surface area contributed by atoms with E-state index in [9.17, 15) is 10.2 Å². The normalized spacial score (nSPS) is 14.7. The summed E-state index contributed by atoms with van der Waals surface area (Å²) in [5.41, 5.74) is 6.65. The molecule has 0 saturated carbocycles. The first-order valence-corrected chi connectivity index (χ1v) is 5.76. The SMILES string of the molecule is COc1ccc([C@H](N)[C@H](O)CC(C)C)cc1O. The molecule has 0 radical (unpaired) electrons. The van der Waals surface area contributed by atoms with Gasteiger partial charge in [0.1, 0.15) is 0 Å². The Morgan fingerprint density at radius 3 is 2.47 bits per heavy atom. The summed E-state index contributed by atoms with van der Waals surface area (Å²) in [5.74, 6) is 0.819. The molecular weight excluding hydrogens is 218 g/mol. The van der Waals surface area contributed by atoms with Crippen molar-refractivity contribution >= 4 is 0 Å². The third kappa shape index (κ3) is 3.61. The van der Waals surface area contributed by atoms with Crippen LogP contribution in [0, 0.1) is 5.92 Å². The van der Waals surface area contributed by atoms with E-state index in [2.05, 4.69) is 0 Å². The Hall–Kier alpha value is -1.26. The van der Waals surface area contributed by atoms with Crippen molar-refractivity contribution in [3.05, 3.63) is 23.8 Å². The van der Waals surface area contributed by atoms with Gasteiger partial charge in [-0.25, -0.2) is 0 Å². The molecule has 1 aromatic carbocycles. The average molecular weight is 239 g/mol. The van der Waals surface area contributed by atoms with Crippen molar-refractivity contribution in [3.63, 3.8) is 0 Å². The number of rotatable bonds is 5. The number of ether oxygens (including phenoxy) is 1. The van der Waals surface area contributed by atoms with Crippen LogP contribution in [0.5, 0.6) is 11.5 Å². The second-order valence-electron chi connectivity index (χ2n) is 4.65. The molecule has 2 atom stereocenters. The topological polar surface area (TPSA) is 75.7 Å². The summed E-state index contributed by atoms with van der Waals surface area (Å²) in [7, 11) is 1.49. The summed E-state index contributed by atoms with van der Waals surface area (Å²) < 4.78 is 4.95. The smallest absolute Gasteiger partial charge is 0.160 e. The molecule has 1 aromatic rings. The minimum absolute atomic E-state index is 0.0391. The maximum Gasteiger partial charge on any atom is 0.160 e. The molecule has 0 fully saturated rings. The molecule has 0 saturated heterocycles. The van der Waals surface area contributed by atoms with E-state index in [0.717, 1.165) is 0 Å². The maximum absolute atomic E-state index is 9.92. The Morgan fingerprint density at radius 1 is 1.35 bits per heavy atom. The molecule has 0 unspecified atom stereocenters. The Labute approximate surface area is 102 Å². The third-order valence-electron chi connectivity index (χ3n) is 2.72. The Balaban J connectivity index is 2.82. The minimum atomic E-state index is -0.609. The third-order valence-corrected chi connectivity index (χ3v) is 2.72. The van der Waals surface area contributed by atoms with Gasteiger partial charge in [0.15, 0.2) is 11.5 Å². The first-order valence-electron chi connectivity index (χ1n) is 5.76. The zero-order valence-corrected chi connectivity index (χ0v) is 10.6. The van der Waals surface area contributed by atoms with E-state index in [-0.39, 0.29) is 5.75 Å². The van der Waals surface area contributed by atoms with Gasteiger partial charge in [0.25, 0.3) is 0 Å². The van der Waals surface area contributed by atoms with Gasteiger partial charge in [-0.05, 0) is 30.0 Å². The fourth-order valence-corrected chi connectivity index (χ4v) is 1.77. The summed E-state index contributed by atoms with van der Waals surface area (Å²) >= 11 is 0. The molecule has 1 rings (SSSR count). The van der Waals surface area contributed by atoms with Crippen LogP contribution in [0.3, 0.4) is 0 Å². The van der Waals surface area contributed by atoms with E-state index in [1.807, 2.05) is 13.8 Å². The summed E-state index contributed by atoms with van der Waals surface area (Å²) in [6.45, 7) is 4.06. The molecule has 0 aliphatic heterocycles. The van der Waals surface area contributed by atoms with E-state index in [4.69, 9.17) is 10.5 Å². The number of hydrogen-bond donors (Lipinski definition) is 3. The van der Waals surface area contributed by atoms with Crippen molar-refractivity contribution in [1.82, 2.24) is 0 Å². The number of hydrogen-bond acceptors (Lipinski definition) is 4. The molecule has 0 heterocycles. The van der Waals surface area contributed by atoms with Crippen molar-refractivity contribution in [2.24, 2.45) is 11.7 Å². The van der Waals surface area contributed by atoms with Gasteiger partial charge in [0.2, 0.25) is 0 Å². The number of methoxy groups -OCH3 is 1. The van der Waals surface area contributed by atoms with E-state index >= 15 is 0 Å². The second kappa shape index (κ2) is 5.89. The lowest BCUT2D eigenvalue weighted by Gasteiger charge is -2.21. The van der Waals surface area contributed by atoms with Gasteiger partial charge in [0, 0.05) is 0 Å². The van der Waals surface area contributed by atoms with Crippen LogP contribution in [0.25, 0.3) is 0 Å². The van der Waals surface area contributed by atoms with Crippen LogP contribution in [-0.4, -0.2) is 23.4 Å². The molecule has 0 amide bonds. The Morgan fingerprint density at radius 2 is 2.00 bits per heavy atom. The number of aromatic hydroxyl groups is 1. The summed E-state index contributed by atoms with van der Waals surface area (Å²) in [5, 5.41) is 19.6. The first-order chi connectivity index (χ1) is 7.95. The molecule has 0 aliphatic rings. The largest absolute Gasteiger partial charge is 0.504 e. The standard InChI is InChI=1S/C13H21NO3/c1-8(2)6-11(16)13(14)9-4-5-12(17-3)10(15)7-9/h4-5,7-8,11,13,15-16H,6,14H2,1-3H3/t11-,13+/m1/s1. The van der Waals surface area contributed by atoms with E-state index in [1.165, 1.54) is 13.2 Å². The molecule has 17 heavy (non-hydrogen) atoms. The molecule has 4 nitrogen and oxygen atoms in total. The molecule has 0 spiro atoms. The highest BCUT2D eigenvalue weighted by Gasteiger charge is 2.19. The van der Waals surface area contributed by atoms with Gasteiger partial charge < -0.3 is 20.7 Å². The lowest BCUT2D eigenvalue weighted by molar-refractivity contribution is 0.121. The molecule has 0 aromatic heterocycles. The first kappa shape index (κ1) is 13.8. The van der Waals surface area contributed by atoms with Crippen molar-refractivity contribution in [3.8, 4) is 11.5 Å². The van der Waals surface area contributed by atoms with Crippen LogP contribution in [0.1, 0.15) is 31.9 Å². The number of nitrogens with two attached hydrogens (primary N) is 1. The molecule has 4 heteroatoms.